The van der Waals surface area contributed by atoms with Gasteiger partial charge in [0.25, 0.3) is 0 Å². The monoisotopic (exact) mass is 327 g/mol. The van der Waals surface area contributed by atoms with E-state index in [-0.39, 0.29) is 24.6 Å². The topological polar surface area (TPSA) is 84.2 Å². The number of nitrogens with zero attached hydrogens (tertiary/aromatic N) is 2. The van der Waals surface area contributed by atoms with Crippen LogP contribution in [0.5, 0.6) is 0 Å². The van der Waals surface area contributed by atoms with Crippen molar-refractivity contribution >= 4 is 40.8 Å². The smallest absolute Gasteiger partial charge is 0.354 e. The molecule has 0 saturated heterocycles. The zero-order chi connectivity index (χ0) is 15.4. The molecule has 1 aromatic heterocycles. The van der Waals surface area contributed by atoms with Crippen LogP contribution in [-0.4, -0.2) is 26.8 Å². The van der Waals surface area contributed by atoms with E-state index in [9.17, 15) is 9.59 Å². The first kappa shape index (κ1) is 15.3. The minimum Gasteiger partial charge on any atom is -0.477 e. The van der Waals surface area contributed by atoms with Crippen LogP contribution in [0.15, 0.2) is 30.5 Å². The van der Waals surface area contributed by atoms with Gasteiger partial charge < -0.3 is 10.4 Å². The molecule has 0 spiro atoms. The molecule has 0 aliphatic rings. The lowest BCUT2D eigenvalue weighted by atomic mass is 10.3. The highest BCUT2D eigenvalue weighted by molar-refractivity contribution is 6.35. The van der Waals surface area contributed by atoms with Gasteiger partial charge in [0.15, 0.2) is 0 Å². The van der Waals surface area contributed by atoms with Crippen molar-refractivity contribution < 1.29 is 14.7 Å². The van der Waals surface area contributed by atoms with Gasteiger partial charge in [0.1, 0.15) is 5.69 Å². The zero-order valence-corrected chi connectivity index (χ0v) is 12.2. The summed E-state index contributed by atoms with van der Waals surface area (Å²) in [7, 11) is 0. The van der Waals surface area contributed by atoms with Crippen LogP contribution in [0.4, 0.5) is 5.69 Å². The molecular weight excluding hydrogens is 317 g/mol. The number of aromatic carboxylic acids is 1. The number of halogens is 2. The highest BCUT2D eigenvalue weighted by Crippen LogP contribution is 2.22. The van der Waals surface area contributed by atoms with Gasteiger partial charge in [-0.25, -0.2) is 4.79 Å². The van der Waals surface area contributed by atoms with E-state index in [0.29, 0.717) is 15.7 Å². The number of amides is 1. The minimum absolute atomic E-state index is 0.0357. The largest absolute Gasteiger partial charge is 0.477 e. The first-order valence-corrected chi connectivity index (χ1v) is 6.72. The Morgan fingerprint density at radius 1 is 1.24 bits per heavy atom. The van der Waals surface area contributed by atoms with Gasteiger partial charge in [-0.3, -0.25) is 9.48 Å². The van der Waals surface area contributed by atoms with Gasteiger partial charge in [-0.1, -0.05) is 23.2 Å². The van der Waals surface area contributed by atoms with Crippen molar-refractivity contribution in [3.63, 3.8) is 0 Å². The summed E-state index contributed by atoms with van der Waals surface area (Å²) in [6.07, 6.45) is 1.45. The Hall–Kier alpha value is -2.05. The average Bonchev–Trinajstić information content (AvgIpc) is 2.83. The third-order valence-corrected chi connectivity index (χ3v) is 3.07. The number of carboxylic acid groups (broad SMARTS) is 1. The molecule has 1 heterocycles. The molecule has 0 saturated carbocycles. The molecule has 2 aromatic rings. The number of nitrogens with one attached hydrogen (secondary N) is 1. The molecule has 8 heteroatoms. The van der Waals surface area contributed by atoms with Crippen molar-refractivity contribution in [2.45, 2.75) is 13.0 Å². The first-order valence-electron chi connectivity index (χ1n) is 5.97. The molecule has 0 unspecified atom stereocenters. The summed E-state index contributed by atoms with van der Waals surface area (Å²) >= 11 is 11.7. The SMILES string of the molecule is O=C(CCn1nccc1C(=O)O)Nc1cc(Cl)cc(Cl)c1. The molecule has 2 rings (SSSR count). The Morgan fingerprint density at radius 3 is 2.52 bits per heavy atom. The summed E-state index contributed by atoms with van der Waals surface area (Å²) in [5.41, 5.74) is 0.519. The van der Waals surface area contributed by atoms with Crippen LogP contribution in [0, 0.1) is 0 Å². The molecular formula is C13H11Cl2N3O3. The molecule has 0 bridgehead atoms. The molecule has 1 aromatic carbocycles. The standard InChI is InChI=1S/C13H11Cl2N3O3/c14-8-5-9(15)7-10(6-8)17-12(19)2-4-18-11(13(20)21)1-3-16-18/h1,3,5-7H,2,4H2,(H,17,19)(H,20,21). The number of carbonyl (C=O) groups excluding carboxylic acids is 1. The predicted molar refractivity (Wildman–Crippen MR) is 78.9 cm³/mol. The van der Waals surface area contributed by atoms with Crippen molar-refractivity contribution in [3.8, 4) is 0 Å². The van der Waals surface area contributed by atoms with E-state index < -0.39 is 5.97 Å². The number of aromatic nitrogens is 2. The molecule has 2 N–H and O–H groups in total. The highest BCUT2D eigenvalue weighted by Gasteiger charge is 2.11. The van der Waals surface area contributed by atoms with Crippen LogP contribution in [0.3, 0.4) is 0 Å². The number of anilines is 1. The Balaban J connectivity index is 1.96. The van der Waals surface area contributed by atoms with Gasteiger partial charge in [-0.15, -0.1) is 0 Å². The Morgan fingerprint density at radius 2 is 1.90 bits per heavy atom. The second-order valence-electron chi connectivity index (χ2n) is 4.20. The number of rotatable bonds is 5. The summed E-state index contributed by atoms with van der Waals surface area (Å²) in [4.78, 5) is 22.7. The Labute approximate surface area is 130 Å². The molecule has 6 nitrogen and oxygen atoms in total. The van der Waals surface area contributed by atoms with E-state index in [4.69, 9.17) is 28.3 Å². The van der Waals surface area contributed by atoms with Crippen molar-refractivity contribution in [2.24, 2.45) is 0 Å². The van der Waals surface area contributed by atoms with Crippen molar-refractivity contribution in [3.05, 3.63) is 46.2 Å². The van der Waals surface area contributed by atoms with Crippen LogP contribution in [0.25, 0.3) is 0 Å². The predicted octanol–water partition coefficient (Wildman–Crippen LogP) is 2.92. The third-order valence-electron chi connectivity index (χ3n) is 2.63. The van der Waals surface area contributed by atoms with E-state index in [1.807, 2.05) is 0 Å². The second-order valence-corrected chi connectivity index (χ2v) is 5.07. The molecule has 21 heavy (non-hydrogen) atoms. The lowest BCUT2D eigenvalue weighted by molar-refractivity contribution is -0.116. The van der Waals surface area contributed by atoms with Gasteiger partial charge >= 0.3 is 5.97 Å². The number of hydrogen-bond donors (Lipinski definition) is 2. The highest BCUT2D eigenvalue weighted by atomic mass is 35.5. The first-order chi connectivity index (χ1) is 9.95. The van der Waals surface area contributed by atoms with Crippen molar-refractivity contribution in [1.29, 1.82) is 0 Å². The Bertz CT molecular complexity index is 665. The zero-order valence-electron chi connectivity index (χ0n) is 10.7. The summed E-state index contributed by atoms with van der Waals surface area (Å²) in [6, 6.07) is 6.07. The van der Waals surface area contributed by atoms with E-state index >= 15 is 0 Å². The fraction of sp³-hybridized carbons (Fsp3) is 0.154. The number of carbonyl (C=O) groups is 2. The van der Waals surface area contributed by atoms with Crippen LogP contribution in [-0.2, 0) is 11.3 Å². The summed E-state index contributed by atoms with van der Waals surface area (Å²) in [6.45, 7) is 0.161. The molecule has 0 fully saturated rings. The molecule has 1 amide bonds. The van der Waals surface area contributed by atoms with Crippen molar-refractivity contribution in [2.75, 3.05) is 5.32 Å². The van der Waals surface area contributed by atoms with Gasteiger partial charge in [-0.05, 0) is 24.3 Å². The minimum atomic E-state index is -1.09. The second kappa shape index (κ2) is 6.60. The number of carboxylic acids is 1. The maximum Gasteiger partial charge on any atom is 0.354 e. The number of benzene rings is 1. The van der Waals surface area contributed by atoms with Crippen LogP contribution in [0.2, 0.25) is 10.0 Å². The Kier molecular flexibility index (Phi) is 4.82. The van der Waals surface area contributed by atoms with Crippen molar-refractivity contribution in [1.82, 2.24) is 9.78 Å². The van der Waals surface area contributed by atoms with Gasteiger partial charge in [-0.2, -0.15) is 5.10 Å². The van der Waals surface area contributed by atoms with E-state index in [1.54, 1.807) is 18.2 Å². The van der Waals surface area contributed by atoms with Crippen LogP contribution in [0.1, 0.15) is 16.9 Å². The van der Waals surface area contributed by atoms with E-state index in [0.717, 1.165) is 0 Å². The maximum absolute atomic E-state index is 11.8. The molecule has 110 valence electrons. The molecule has 0 radical (unpaired) electrons. The lowest BCUT2D eigenvalue weighted by Gasteiger charge is -2.07. The quantitative estimate of drug-likeness (QED) is 0.884. The summed E-state index contributed by atoms with van der Waals surface area (Å²) in [5, 5.41) is 16.3. The van der Waals surface area contributed by atoms with E-state index in [2.05, 4.69) is 10.4 Å². The van der Waals surface area contributed by atoms with Gasteiger partial charge in [0.2, 0.25) is 5.91 Å². The van der Waals surface area contributed by atoms with Crippen LogP contribution >= 0.6 is 23.2 Å². The molecule has 0 aliphatic carbocycles. The number of aryl methyl sites for hydroxylation is 1. The maximum atomic E-state index is 11.8. The normalized spacial score (nSPS) is 10.4. The molecule has 0 aliphatic heterocycles. The summed E-state index contributed by atoms with van der Waals surface area (Å²) < 4.78 is 1.26. The summed E-state index contributed by atoms with van der Waals surface area (Å²) in [5.74, 6) is -1.38. The fourth-order valence-corrected chi connectivity index (χ4v) is 2.28. The number of hydrogen-bond acceptors (Lipinski definition) is 3. The lowest BCUT2D eigenvalue weighted by Crippen LogP contribution is -2.17. The van der Waals surface area contributed by atoms with Crippen LogP contribution < -0.4 is 5.32 Å². The average molecular weight is 328 g/mol. The fourth-order valence-electron chi connectivity index (χ4n) is 1.75. The van der Waals surface area contributed by atoms with Gasteiger partial charge in [0.05, 0.1) is 6.54 Å². The molecule has 0 atom stereocenters. The van der Waals surface area contributed by atoms with Gasteiger partial charge in [0, 0.05) is 28.4 Å². The third kappa shape index (κ3) is 4.21. The van der Waals surface area contributed by atoms with E-state index in [1.165, 1.54) is 16.9 Å².